The average Bonchev–Trinajstić information content (AvgIpc) is 2.47. The predicted octanol–water partition coefficient (Wildman–Crippen LogP) is -0.731. The molecular formula is C7H15NO3Si. The summed E-state index contributed by atoms with van der Waals surface area (Å²) in [6.45, 7) is 0.897. The van der Waals surface area contributed by atoms with E-state index in [0.29, 0.717) is 6.42 Å². The lowest BCUT2D eigenvalue weighted by Crippen LogP contribution is -2.38. The van der Waals surface area contributed by atoms with Crippen LogP contribution in [0.25, 0.3) is 0 Å². The molecule has 1 rings (SSSR count). The van der Waals surface area contributed by atoms with Crippen molar-refractivity contribution in [1.29, 1.82) is 0 Å². The Kier molecular flexibility index (Phi) is 3.71. The van der Waals surface area contributed by atoms with Gasteiger partial charge in [-0.3, -0.25) is 4.79 Å². The van der Waals surface area contributed by atoms with Crippen LogP contribution in [-0.4, -0.2) is 46.8 Å². The monoisotopic (exact) mass is 189 g/mol. The maximum Gasteiger partial charge on any atom is 0.214 e. The number of hydrogen-bond acceptors (Lipinski definition) is 3. The number of amides is 1. The first kappa shape index (κ1) is 9.69. The Morgan fingerprint density at radius 3 is 2.58 bits per heavy atom. The Morgan fingerprint density at radius 1 is 1.50 bits per heavy atom. The molecule has 0 unspecified atom stereocenters. The first-order valence-electron chi connectivity index (χ1n) is 4.11. The fourth-order valence-corrected chi connectivity index (χ4v) is 2.75. The molecule has 1 heterocycles. The van der Waals surface area contributed by atoms with Crippen LogP contribution in [0.1, 0.15) is 12.8 Å². The summed E-state index contributed by atoms with van der Waals surface area (Å²) in [4.78, 5) is 11.2. The van der Waals surface area contributed by atoms with Gasteiger partial charge in [0, 0.05) is 27.2 Å². The first-order valence-corrected chi connectivity index (χ1v) is 5.56. The highest BCUT2D eigenvalue weighted by atomic mass is 28.2. The molecule has 0 aromatic rings. The fraction of sp³-hybridized carbons (Fsp3) is 0.857. The van der Waals surface area contributed by atoms with Crippen molar-refractivity contribution < 1.29 is 14.3 Å². The third-order valence-electron chi connectivity index (χ3n) is 2.07. The number of carbonyl (C=O) groups is 1. The van der Waals surface area contributed by atoms with Crippen molar-refractivity contribution in [1.82, 2.24) is 4.57 Å². The summed E-state index contributed by atoms with van der Waals surface area (Å²) in [7, 11) is 2.52. The minimum atomic E-state index is -0.706. The highest BCUT2D eigenvalue weighted by molar-refractivity contribution is 6.38. The van der Waals surface area contributed by atoms with Gasteiger partial charge in [0.25, 0.3) is 0 Å². The van der Waals surface area contributed by atoms with Gasteiger partial charge in [-0.05, 0) is 6.42 Å². The van der Waals surface area contributed by atoms with Crippen LogP contribution in [0.5, 0.6) is 0 Å². The molecule has 0 N–H and O–H groups in total. The minimum absolute atomic E-state index is 0.146. The Bertz CT molecular complexity index is 161. The van der Waals surface area contributed by atoms with E-state index in [1.165, 1.54) is 0 Å². The summed E-state index contributed by atoms with van der Waals surface area (Å²) >= 11 is 0. The molecule has 0 aromatic heterocycles. The third-order valence-corrected chi connectivity index (χ3v) is 4.14. The second-order valence-corrected chi connectivity index (χ2v) is 4.64. The van der Waals surface area contributed by atoms with Crippen LogP contribution in [0, 0.1) is 0 Å². The minimum Gasteiger partial charge on any atom is -0.369 e. The van der Waals surface area contributed by atoms with E-state index in [4.69, 9.17) is 9.47 Å². The molecule has 0 aromatic carbocycles. The summed E-state index contributed by atoms with van der Waals surface area (Å²) in [6, 6.07) is 0. The standard InChI is InChI=1S/C7H15NO3Si/c1-10-7(11-2)12-8-5-3-4-6(8)9/h7H,3-5,12H2,1-2H3. The van der Waals surface area contributed by atoms with Gasteiger partial charge in [0.05, 0.1) is 0 Å². The molecule has 0 radical (unpaired) electrons. The van der Waals surface area contributed by atoms with Crippen LogP contribution < -0.4 is 0 Å². The van der Waals surface area contributed by atoms with Gasteiger partial charge in [-0.1, -0.05) is 0 Å². The maximum atomic E-state index is 11.2. The van der Waals surface area contributed by atoms with Gasteiger partial charge in [-0.15, -0.1) is 0 Å². The largest absolute Gasteiger partial charge is 0.369 e. The van der Waals surface area contributed by atoms with Crippen molar-refractivity contribution in [3.8, 4) is 0 Å². The van der Waals surface area contributed by atoms with E-state index < -0.39 is 9.68 Å². The van der Waals surface area contributed by atoms with Crippen LogP contribution in [0.3, 0.4) is 0 Å². The molecule has 0 atom stereocenters. The van der Waals surface area contributed by atoms with Gasteiger partial charge in [-0.25, -0.2) is 0 Å². The summed E-state index contributed by atoms with van der Waals surface area (Å²) in [5, 5.41) is 0. The van der Waals surface area contributed by atoms with Gasteiger partial charge >= 0.3 is 0 Å². The van der Waals surface area contributed by atoms with Crippen molar-refractivity contribution in [2.24, 2.45) is 0 Å². The highest BCUT2D eigenvalue weighted by Gasteiger charge is 2.23. The zero-order chi connectivity index (χ0) is 8.97. The molecule has 1 saturated heterocycles. The van der Waals surface area contributed by atoms with Crippen molar-refractivity contribution >= 4 is 15.6 Å². The Hall–Kier alpha value is -0.393. The van der Waals surface area contributed by atoms with Gasteiger partial charge in [0.15, 0.2) is 15.6 Å². The molecule has 1 amide bonds. The van der Waals surface area contributed by atoms with Gasteiger partial charge in [0.1, 0.15) is 0 Å². The molecule has 4 nitrogen and oxygen atoms in total. The summed E-state index contributed by atoms with van der Waals surface area (Å²) in [5.41, 5.74) is 0. The molecule has 0 bridgehead atoms. The number of ether oxygens (including phenoxy) is 2. The number of carbonyl (C=O) groups excluding carboxylic acids is 1. The second kappa shape index (κ2) is 4.59. The molecule has 1 fully saturated rings. The van der Waals surface area contributed by atoms with Crippen molar-refractivity contribution in [3.05, 3.63) is 0 Å². The second-order valence-electron chi connectivity index (χ2n) is 2.84. The van der Waals surface area contributed by atoms with E-state index in [2.05, 4.69) is 0 Å². The van der Waals surface area contributed by atoms with Crippen LogP contribution in [0.15, 0.2) is 0 Å². The summed E-state index contributed by atoms with van der Waals surface area (Å²) in [5.74, 6) is 0.118. The van der Waals surface area contributed by atoms with E-state index in [-0.39, 0.29) is 11.8 Å². The molecule has 70 valence electrons. The van der Waals surface area contributed by atoms with Crippen molar-refractivity contribution in [3.63, 3.8) is 0 Å². The number of nitrogens with zero attached hydrogens (tertiary/aromatic N) is 1. The topological polar surface area (TPSA) is 38.8 Å². The number of rotatable bonds is 4. The van der Waals surface area contributed by atoms with Gasteiger partial charge < -0.3 is 14.0 Å². The zero-order valence-corrected chi connectivity index (χ0v) is 8.99. The van der Waals surface area contributed by atoms with Crippen LogP contribution in [-0.2, 0) is 14.3 Å². The van der Waals surface area contributed by atoms with E-state index in [9.17, 15) is 4.79 Å². The van der Waals surface area contributed by atoms with Crippen molar-refractivity contribution in [2.75, 3.05) is 20.8 Å². The molecule has 5 heteroatoms. The van der Waals surface area contributed by atoms with E-state index >= 15 is 0 Å². The summed E-state index contributed by atoms with van der Waals surface area (Å²) < 4.78 is 12.0. The van der Waals surface area contributed by atoms with Crippen LogP contribution in [0.4, 0.5) is 0 Å². The Morgan fingerprint density at radius 2 is 2.17 bits per heavy atom. The lowest BCUT2D eigenvalue weighted by molar-refractivity contribution is -0.124. The van der Waals surface area contributed by atoms with Gasteiger partial charge in [-0.2, -0.15) is 0 Å². The first-order chi connectivity index (χ1) is 5.77. The lowest BCUT2D eigenvalue weighted by Gasteiger charge is -2.20. The molecular weight excluding hydrogens is 174 g/mol. The van der Waals surface area contributed by atoms with Crippen LogP contribution in [0.2, 0.25) is 0 Å². The number of hydrogen-bond donors (Lipinski definition) is 0. The SMILES string of the molecule is COC(OC)[SiH2]N1CCCC1=O. The average molecular weight is 189 g/mol. The molecule has 1 aliphatic rings. The van der Waals surface area contributed by atoms with E-state index in [1.807, 2.05) is 4.57 Å². The smallest absolute Gasteiger partial charge is 0.214 e. The fourth-order valence-electron chi connectivity index (χ4n) is 1.32. The molecule has 12 heavy (non-hydrogen) atoms. The predicted molar refractivity (Wildman–Crippen MR) is 47.3 cm³/mol. The van der Waals surface area contributed by atoms with Crippen LogP contribution >= 0.6 is 0 Å². The molecule has 0 aliphatic carbocycles. The highest BCUT2D eigenvalue weighted by Crippen LogP contribution is 2.09. The van der Waals surface area contributed by atoms with E-state index in [1.54, 1.807) is 14.2 Å². The molecule has 0 spiro atoms. The Balaban J connectivity index is 2.33. The third kappa shape index (κ3) is 2.30. The number of methoxy groups -OCH3 is 2. The lowest BCUT2D eigenvalue weighted by atomic mass is 10.4. The quantitative estimate of drug-likeness (QED) is 0.432. The molecule has 0 saturated carbocycles. The Labute approximate surface area is 74.7 Å². The van der Waals surface area contributed by atoms with Gasteiger partial charge in [0.2, 0.25) is 5.91 Å². The molecule has 1 aliphatic heterocycles. The maximum absolute atomic E-state index is 11.2. The van der Waals surface area contributed by atoms with Crippen molar-refractivity contribution in [2.45, 2.75) is 18.8 Å². The van der Waals surface area contributed by atoms with E-state index in [0.717, 1.165) is 13.0 Å². The normalized spacial score (nSPS) is 18.9. The summed E-state index contributed by atoms with van der Waals surface area (Å²) in [6.07, 6.45) is 1.69. The zero-order valence-electron chi connectivity index (χ0n) is 7.58.